The molecule has 0 radical (unpaired) electrons. The Labute approximate surface area is 53.6 Å². The van der Waals surface area contributed by atoms with Gasteiger partial charge in [0.2, 0.25) is 0 Å². The zero-order chi connectivity index (χ0) is 6.85. The van der Waals surface area contributed by atoms with Crippen LogP contribution in [0.2, 0.25) is 0 Å². The summed E-state index contributed by atoms with van der Waals surface area (Å²) in [6.07, 6.45) is 0.137. The number of hydrogen-bond acceptors (Lipinski definition) is 3. The molecule has 1 aliphatic rings. The fourth-order valence-corrected chi connectivity index (χ4v) is 0.979. The minimum Gasteiger partial charge on any atom is -0.462 e. The Morgan fingerprint density at radius 1 is 1.78 bits per heavy atom. The number of rotatable bonds is 0. The first-order chi connectivity index (χ1) is 4.18. The second kappa shape index (κ2) is 2.35. The molecule has 0 bridgehead atoms. The van der Waals surface area contributed by atoms with E-state index in [-0.39, 0.29) is 18.5 Å². The molecule has 0 spiro atoms. The summed E-state index contributed by atoms with van der Waals surface area (Å²) in [6.45, 7) is 1.78. The monoisotopic (exact) mass is 130 g/mol. The standard InChI is InChI=1S/C6H10O3/c1-4-2-5(7)3-6(8)9-4/h4-5,7H,2-3H2,1H3/t4-,5+/m0/s1. The number of aliphatic hydroxyl groups excluding tert-OH is 1. The molecule has 1 saturated heterocycles. The molecule has 9 heavy (non-hydrogen) atoms. The van der Waals surface area contributed by atoms with Crippen LogP contribution in [0, 0.1) is 0 Å². The SMILES string of the molecule is C[C@H]1C[C@@H](O)CC(=O)O1. The Bertz CT molecular complexity index is 109. The molecule has 1 aliphatic heterocycles. The molecule has 0 aromatic heterocycles. The normalized spacial score (nSPS) is 36.0. The zero-order valence-electron chi connectivity index (χ0n) is 5.33. The van der Waals surface area contributed by atoms with Crippen molar-refractivity contribution in [2.75, 3.05) is 0 Å². The predicted molar refractivity (Wildman–Crippen MR) is 30.8 cm³/mol. The lowest BCUT2D eigenvalue weighted by Crippen LogP contribution is -2.30. The van der Waals surface area contributed by atoms with Crippen LogP contribution in [0.5, 0.6) is 0 Å². The van der Waals surface area contributed by atoms with Crippen LogP contribution in [0.4, 0.5) is 0 Å². The van der Waals surface area contributed by atoms with Gasteiger partial charge in [0.15, 0.2) is 0 Å². The summed E-state index contributed by atoms with van der Waals surface area (Å²) < 4.78 is 4.76. The van der Waals surface area contributed by atoms with Gasteiger partial charge in [-0.15, -0.1) is 0 Å². The van der Waals surface area contributed by atoms with E-state index in [1.807, 2.05) is 0 Å². The minimum absolute atomic E-state index is 0.110. The van der Waals surface area contributed by atoms with Gasteiger partial charge in [-0.2, -0.15) is 0 Å². The second-order valence-corrected chi connectivity index (χ2v) is 2.39. The van der Waals surface area contributed by atoms with E-state index in [2.05, 4.69) is 0 Å². The second-order valence-electron chi connectivity index (χ2n) is 2.39. The van der Waals surface area contributed by atoms with E-state index in [1.165, 1.54) is 0 Å². The average molecular weight is 130 g/mol. The van der Waals surface area contributed by atoms with Gasteiger partial charge in [0, 0.05) is 6.42 Å². The van der Waals surface area contributed by atoms with Crippen molar-refractivity contribution in [3.05, 3.63) is 0 Å². The first kappa shape index (κ1) is 6.55. The van der Waals surface area contributed by atoms with Crippen LogP contribution in [0.15, 0.2) is 0 Å². The summed E-state index contributed by atoms with van der Waals surface area (Å²) in [4.78, 5) is 10.5. The lowest BCUT2D eigenvalue weighted by Gasteiger charge is -2.22. The Morgan fingerprint density at radius 2 is 2.44 bits per heavy atom. The van der Waals surface area contributed by atoms with Crippen LogP contribution in [-0.2, 0) is 9.53 Å². The maximum atomic E-state index is 10.5. The molecule has 0 unspecified atom stereocenters. The van der Waals surface area contributed by atoms with E-state index in [0.29, 0.717) is 6.42 Å². The largest absolute Gasteiger partial charge is 0.462 e. The first-order valence-electron chi connectivity index (χ1n) is 3.06. The van der Waals surface area contributed by atoms with E-state index in [0.717, 1.165) is 0 Å². The lowest BCUT2D eigenvalue weighted by atomic mass is 10.1. The molecule has 1 N–H and O–H groups in total. The number of carbonyl (C=O) groups excluding carboxylic acids is 1. The molecule has 0 saturated carbocycles. The molecule has 2 atom stereocenters. The topological polar surface area (TPSA) is 46.5 Å². The van der Waals surface area contributed by atoms with Crippen molar-refractivity contribution in [3.63, 3.8) is 0 Å². The third kappa shape index (κ3) is 1.68. The molecule has 52 valence electrons. The summed E-state index contributed by atoms with van der Waals surface area (Å²) in [5.74, 6) is -0.291. The van der Waals surface area contributed by atoms with Crippen molar-refractivity contribution in [1.82, 2.24) is 0 Å². The van der Waals surface area contributed by atoms with Crippen LogP contribution in [-0.4, -0.2) is 23.3 Å². The smallest absolute Gasteiger partial charge is 0.308 e. The average Bonchev–Trinajstić information content (AvgIpc) is 1.59. The Kier molecular flexibility index (Phi) is 1.71. The van der Waals surface area contributed by atoms with Crippen molar-refractivity contribution in [1.29, 1.82) is 0 Å². The summed E-state index contributed by atoms with van der Waals surface area (Å²) in [7, 11) is 0. The van der Waals surface area contributed by atoms with Crippen LogP contribution in [0.1, 0.15) is 19.8 Å². The predicted octanol–water partition coefficient (Wildman–Crippen LogP) is 0.0728. The fourth-order valence-electron chi connectivity index (χ4n) is 0.979. The molecule has 0 aromatic rings. The molecule has 3 heteroatoms. The summed E-state index contributed by atoms with van der Waals surface area (Å²) in [5.41, 5.74) is 0. The molecule has 1 fully saturated rings. The number of aliphatic hydroxyl groups is 1. The third-order valence-electron chi connectivity index (χ3n) is 1.34. The van der Waals surface area contributed by atoms with Crippen molar-refractivity contribution in [3.8, 4) is 0 Å². The minimum atomic E-state index is -0.485. The van der Waals surface area contributed by atoms with Gasteiger partial charge in [-0.3, -0.25) is 4.79 Å². The number of hydrogen-bond donors (Lipinski definition) is 1. The van der Waals surface area contributed by atoms with Crippen LogP contribution in [0.3, 0.4) is 0 Å². The fraction of sp³-hybridized carbons (Fsp3) is 0.833. The highest BCUT2D eigenvalue weighted by atomic mass is 16.5. The Balaban J connectivity index is 2.43. The van der Waals surface area contributed by atoms with Gasteiger partial charge < -0.3 is 9.84 Å². The Hall–Kier alpha value is -0.570. The maximum Gasteiger partial charge on any atom is 0.308 e. The van der Waals surface area contributed by atoms with Crippen molar-refractivity contribution >= 4 is 5.97 Å². The third-order valence-corrected chi connectivity index (χ3v) is 1.34. The highest BCUT2D eigenvalue weighted by Gasteiger charge is 2.23. The van der Waals surface area contributed by atoms with Crippen LogP contribution in [0.25, 0.3) is 0 Å². The van der Waals surface area contributed by atoms with Crippen molar-refractivity contribution in [2.45, 2.75) is 32.0 Å². The lowest BCUT2D eigenvalue weighted by molar-refractivity contribution is -0.158. The maximum absolute atomic E-state index is 10.5. The Morgan fingerprint density at radius 3 is 2.89 bits per heavy atom. The van der Waals surface area contributed by atoms with E-state index >= 15 is 0 Å². The van der Waals surface area contributed by atoms with Gasteiger partial charge in [0.05, 0.1) is 12.5 Å². The van der Waals surface area contributed by atoms with E-state index in [1.54, 1.807) is 6.92 Å². The van der Waals surface area contributed by atoms with Gasteiger partial charge in [-0.05, 0) is 6.92 Å². The van der Waals surface area contributed by atoms with Gasteiger partial charge in [0.25, 0.3) is 0 Å². The quantitative estimate of drug-likeness (QED) is 0.472. The van der Waals surface area contributed by atoms with Crippen molar-refractivity contribution < 1.29 is 14.6 Å². The zero-order valence-corrected chi connectivity index (χ0v) is 5.33. The highest BCUT2D eigenvalue weighted by Crippen LogP contribution is 2.13. The molecular formula is C6H10O3. The van der Waals surface area contributed by atoms with Crippen LogP contribution < -0.4 is 0 Å². The first-order valence-corrected chi connectivity index (χ1v) is 3.06. The summed E-state index contributed by atoms with van der Waals surface area (Å²) in [5, 5.41) is 8.95. The molecule has 1 heterocycles. The highest BCUT2D eigenvalue weighted by molar-refractivity contribution is 5.70. The van der Waals surface area contributed by atoms with E-state index in [9.17, 15) is 4.79 Å². The molecule has 0 aliphatic carbocycles. The number of esters is 1. The van der Waals surface area contributed by atoms with E-state index in [4.69, 9.17) is 9.84 Å². The molecular weight excluding hydrogens is 120 g/mol. The molecule has 1 rings (SSSR count). The number of ether oxygens (including phenoxy) is 1. The van der Waals surface area contributed by atoms with Gasteiger partial charge in [-0.25, -0.2) is 0 Å². The van der Waals surface area contributed by atoms with Gasteiger partial charge in [-0.1, -0.05) is 0 Å². The van der Waals surface area contributed by atoms with Gasteiger partial charge in [0.1, 0.15) is 6.10 Å². The number of cyclic esters (lactones) is 1. The van der Waals surface area contributed by atoms with E-state index < -0.39 is 6.10 Å². The molecule has 3 nitrogen and oxygen atoms in total. The number of carbonyl (C=O) groups is 1. The summed E-state index contributed by atoms with van der Waals surface area (Å²) in [6, 6.07) is 0. The molecule has 0 amide bonds. The van der Waals surface area contributed by atoms with Crippen molar-refractivity contribution in [2.24, 2.45) is 0 Å². The van der Waals surface area contributed by atoms with Crippen LogP contribution >= 0.6 is 0 Å². The molecule has 0 aromatic carbocycles. The summed E-state index contributed by atoms with van der Waals surface area (Å²) >= 11 is 0. The van der Waals surface area contributed by atoms with Gasteiger partial charge >= 0.3 is 5.97 Å².